The van der Waals surface area contributed by atoms with Crippen molar-refractivity contribution >= 4 is 43.5 Å². The molecule has 11 heteroatoms. The lowest BCUT2D eigenvalue weighted by atomic mass is 10.1. The largest absolute Gasteiger partial charge is 0.497 e. The second kappa shape index (κ2) is 13.0. The number of hydrogen-bond acceptors (Lipinski definition) is 6. The Morgan fingerprint density at radius 3 is 2.31 bits per heavy atom. The van der Waals surface area contributed by atoms with Crippen LogP contribution in [0.15, 0.2) is 46.9 Å². The summed E-state index contributed by atoms with van der Waals surface area (Å²) in [7, 11) is -1.04. The van der Waals surface area contributed by atoms with Gasteiger partial charge in [0, 0.05) is 23.6 Å². The number of anilines is 1. The number of hydrogen-bond donors (Lipinski definition) is 1. The van der Waals surface area contributed by atoms with Gasteiger partial charge in [0.1, 0.15) is 24.1 Å². The molecule has 0 bridgehead atoms. The quantitative estimate of drug-likeness (QED) is 0.410. The van der Waals surface area contributed by atoms with Crippen LogP contribution in [0.3, 0.4) is 0 Å². The number of amides is 2. The third-order valence-electron chi connectivity index (χ3n) is 5.43. The first-order chi connectivity index (χ1) is 16.9. The number of ether oxygens (including phenoxy) is 2. The van der Waals surface area contributed by atoms with Gasteiger partial charge >= 0.3 is 0 Å². The molecule has 9 nitrogen and oxygen atoms in total. The number of rotatable bonds is 12. The summed E-state index contributed by atoms with van der Waals surface area (Å²) in [5.41, 5.74) is 0.943. The van der Waals surface area contributed by atoms with E-state index in [1.807, 2.05) is 38.1 Å². The molecule has 0 aliphatic carbocycles. The Bertz CT molecular complexity index is 1170. The number of carbonyl (C=O) groups is 2. The van der Waals surface area contributed by atoms with E-state index >= 15 is 0 Å². The molecular weight excluding hydrogens is 550 g/mol. The minimum absolute atomic E-state index is 0.112. The zero-order chi connectivity index (χ0) is 27.0. The third kappa shape index (κ3) is 8.12. The Labute approximate surface area is 221 Å². The first-order valence-corrected chi connectivity index (χ1v) is 14.0. The van der Waals surface area contributed by atoms with Gasteiger partial charge in [-0.25, -0.2) is 8.42 Å². The molecule has 0 spiro atoms. The molecule has 1 N–H and O–H groups in total. The van der Waals surface area contributed by atoms with Crippen molar-refractivity contribution in [2.45, 2.75) is 33.4 Å². The molecule has 0 fully saturated rings. The molecule has 0 aliphatic heterocycles. The monoisotopic (exact) mass is 583 g/mol. The summed E-state index contributed by atoms with van der Waals surface area (Å²) in [4.78, 5) is 27.9. The van der Waals surface area contributed by atoms with E-state index in [1.54, 1.807) is 19.1 Å². The third-order valence-corrected chi connectivity index (χ3v) is 7.05. The van der Waals surface area contributed by atoms with Crippen molar-refractivity contribution in [3.8, 4) is 11.5 Å². The Morgan fingerprint density at radius 2 is 1.75 bits per heavy atom. The van der Waals surface area contributed by atoms with Crippen LogP contribution in [0.1, 0.15) is 26.3 Å². The lowest BCUT2D eigenvalue weighted by Crippen LogP contribution is -2.51. The lowest BCUT2D eigenvalue weighted by Gasteiger charge is -2.32. The summed E-state index contributed by atoms with van der Waals surface area (Å²) in [6.45, 7) is 5.61. The highest BCUT2D eigenvalue weighted by Gasteiger charge is 2.31. The molecule has 0 aromatic heterocycles. The maximum atomic E-state index is 13.7. The zero-order valence-corrected chi connectivity index (χ0v) is 23.9. The predicted molar refractivity (Wildman–Crippen MR) is 144 cm³/mol. The van der Waals surface area contributed by atoms with Crippen molar-refractivity contribution in [3.63, 3.8) is 0 Å². The van der Waals surface area contributed by atoms with Crippen molar-refractivity contribution < 1.29 is 27.5 Å². The van der Waals surface area contributed by atoms with Gasteiger partial charge in [0.15, 0.2) is 0 Å². The van der Waals surface area contributed by atoms with E-state index in [0.29, 0.717) is 12.3 Å². The fourth-order valence-corrected chi connectivity index (χ4v) is 4.75. The van der Waals surface area contributed by atoms with E-state index < -0.39 is 28.5 Å². The number of methoxy groups -OCH3 is 2. The molecular formula is C25H34BrN3O6S. The highest BCUT2D eigenvalue weighted by atomic mass is 79.9. The van der Waals surface area contributed by atoms with Gasteiger partial charge in [-0.05, 0) is 42.7 Å². The fourth-order valence-electron chi connectivity index (χ4n) is 3.45. The summed E-state index contributed by atoms with van der Waals surface area (Å²) in [6.07, 6.45) is 1.01. The normalized spacial score (nSPS) is 12.1. The van der Waals surface area contributed by atoms with Gasteiger partial charge in [0.05, 0.1) is 26.2 Å². The van der Waals surface area contributed by atoms with Gasteiger partial charge in [0.25, 0.3) is 0 Å². The van der Waals surface area contributed by atoms with Crippen molar-refractivity contribution in [2.75, 3.05) is 37.9 Å². The second-order valence-corrected chi connectivity index (χ2v) is 11.6. The minimum Gasteiger partial charge on any atom is -0.497 e. The van der Waals surface area contributed by atoms with Gasteiger partial charge in [-0.2, -0.15) is 0 Å². The number of halogens is 1. The molecule has 0 radical (unpaired) electrons. The first-order valence-electron chi connectivity index (χ1n) is 11.4. The van der Waals surface area contributed by atoms with E-state index in [1.165, 1.54) is 25.2 Å². The van der Waals surface area contributed by atoms with E-state index in [0.717, 1.165) is 20.6 Å². The smallest absolute Gasteiger partial charge is 0.244 e. The molecule has 2 rings (SSSR count). The Balaban J connectivity index is 2.46. The molecule has 0 saturated heterocycles. The Kier molecular flexibility index (Phi) is 10.6. The molecule has 0 heterocycles. The standard InChI is InChI=1S/C25H34BrN3O6S/c1-17(2)14-27-25(31)18(3)28(15-19-8-7-9-20(26)12-19)24(30)16-29(36(6,32)33)22-13-21(34-4)10-11-23(22)35-5/h7-13,17-18H,14-16H2,1-6H3,(H,27,31)/t18-/m1/s1. The average Bonchev–Trinajstić information content (AvgIpc) is 2.82. The summed E-state index contributed by atoms with van der Waals surface area (Å²) < 4.78 is 38.0. The van der Waals surface area contributed by atoms with Crippen molar-refractivity contribution in [1.82, 2.24) is 10.2 Å². The van der Waals surface area contributed by atoms with Crippen LogP contribution < -0.4 is 19.1 Å². The van der Waals surface area contributed by atoms with Crippen molar-refractivity contribution in [1.29, 1.82) is 0 Å². The van der Waals surface area contributed by atoms with Gasteiger partial charge in [-0.15, -0.1) is 0 Å². The van der Waals surface area contributed by atoms with E-state index in [9.17, 15) is 18.0 Å². The molecule has 1 atom stereocenters. The van der Waals surface area contributed by atoms with Gasteiger partial charge in [-0.1, -0.05) is 41.9 Å². The summed E-state index contributed by atoms with van der Waals surface area (Å²) >= 11 is 3.43. The van der Waals surface area contributed by atoms with Crippen molar-refractivity contribution in [2.24, 2.45) is 5.92 Å². The maximum Gasteiger partial charge on any atom is 0.244 e. The van der Waals surface area contributed by atoms with Gasteiger partial charge in [-0.3, -0.25) is 13.9 Å². The number of nitrogens with one attached hydrogen (secondary N) is 1. The van der Waals surface area contributed by atoms with E-state index in [-0.39, 0.29) is 29.8 Å². The predicted octanol–water partition coefficient (Wildman–Crippen LogP) is 3.42. The van der Waals surface area contributed by atoms with Crippen LogP contribution in [-0.4, -0.2) is 64.7 Å². The molecule has 36 heavy (non-hydrogen) atoms. The average molecular weight is 585 g/mol. The van der Waals surface area contributed by atoms with Crippen LogP contribution in [0, 0.1) is 5.92 Å². The van der Waals surface area contributed by atoms with Crippen LogP contribution in [0.2, 0.25) is 0 Å². The van der Waals surface area contributed by atoms with Crippen molar-refractivity contribution in [3.05, 3.63) is 52.5 Å². The molecule has 2 aromatic carbocycles. The number of sulfonamides is 1. The highest BCUT2D eigenvalue weighted by Crippen LogP contribution is 2.34. The molecule has 0 saturated carbocycles. The SMILES string of the molecule is COc1ccc(OC)c(N(CC(=O)N(Cc2cccc(Br)c2)[C@H](C)C(=O)NCC(C)C)S(C)(=O)=O)c1. The van der Waals surface area contributed by atoms with Crippen LogP contribution >= 0.6 is 15.9 Å². The molecule has 2 amide bonds. The summed E-state index contributed by atoms with van der Waals surface area (Å²) in [5, 5.41) is 2.85. The highest BCUT2D eigenvalue weighted by molar-refractivity contribution is 9.10. The number of benzene rings is 2. The second-order valence-electron chi connectivity index (χ2n) is 8.77. The minimum atomic E-state index is -3.91. The van der Waals surface area contributed by atoms with E-state index in [2.05, 4.69) is 21.2 Å². The van der Waals surface area contributed by atoms with Crippen LogP contribution in [0.4, 0.5) is 5.69 Å². The molecule has 0 unspecified atom stereocenters. The van der Waals surface area contributed by atoms with Gasteiger partial charge < -0.3 is 19.7 Å². The Hall–Kier alpha value is -2.79. The molecule has 198 valence electrons. The van der Waals surface area contributed by atoms with Crippen LogP contribution in [0.5, 0.6) is 11.5 Å². The first kappa shape index (κ1) is 29.4. The maximum absolute atomic E-state index is 13.7. The fraction of sp³-hybridized carbons (Fsp3) is 0.440. The topological polar surface area (TPSA) is 105 Å². The molecule has 0 aliphatic rings. The zero-order valence-electron chi connectivity index (χ0n) is 21.4. The lowest BCUT2D eigenvalue weighted by molar-refractivity contribution is -0.139. The Morgan fingerprint density at radius 1 is 1.06 bits per heavy atom. The van der Waals surface area contributed by atoms with Gasteiger partial charge in [0.2, 0.25) is 21.8 Å². The van der Waals surface area contributed by atoms with Crippen LogP contribution in [0.25, 0.3) is 0 Å². The molecule has 2 aromatic rings. The van der Waals surface area contributed by atoms with E-state index in [4.69, 9.17) is 9.47 Å². The summed E-state index contributed by atoms with van der Waals surface area (Å²) in [5.74, 6) is 0.0284. The summed E-state index contributed by atoms with van der Waals surface area (Å²) in [6, 6.07) is 11.2. The number of nitrogens with zero attached hydrogens (tertiary/aromatic N) is 2. The van der Waals surface area contributed by atoms with Crippen LogP contribution in [-0.2, 0) is 26.2 Å². The number of carbonyl (C=O) groups excluding carboxylic acids is 2.